The van der Waals surface area contributed by atoms with E-state index in [2.05, 4.69) is 52.8 Å². The Morgan fingerprint density at radius 3 is 2.38 bits per heavy atom. The van der Waals surface area contributed by atoms with Crippen LogP contribution in [0.3, 0.4) is 0 Å². The van der Waals surface area contributed by atoms with Gasteiger partial charge in [-0.2, -0.15) is 0 Å². The summed E-state index contributed by atoms with van der Waals surface area (Å²) in [4.78, 5) is 32.3. The predicted molar refractivity (Wildman–Crippen MR) is 154 cm³/mol. The van der Waals surface area contributed by atoms with Gasteiger partial charge in [-0.05, 0) is 94.6 Å². The highest BCUT2D eigenvalue weighted by Crippen LogP contribution is 2.38. The van der Waals surface area contributed by atoms with Crippen molar-refractivity contribution in [3.05, 3.63) is 85.8 Å². The van der Waals surface area contributed by atoms with Gasteiger partial charge in [-0.3, -0.25) is 9.36 Å². The van der Waals surface area contributed by atoms with E-state index in [-0.39, 0.29) is 11.7 Å². The molecule has 0 spiro atoms. The molecule has 0 bridgehead atoms. The van der Waals surface area contributed by atoms with Crippen LogP contribution in [0.25, 0.3) is 6.08 Å². The summed E-state index contributed by atoms with van der Waals surface area (Å²) in [5, 5.41) is 0. The average Bonchev–Trinajstić information content (AvgIpc) is 3.11. The van der Waals surface area contributed by atoms with Gasteiger partial charge in [-0.15, -0.1) is 0 Å². The maximum atomic E-state index is 13.9. The molecule has 0 amide bonds. The molecule has 3 aromatic rings. The number of halogens is 3. The summed E-state index contributed by atoms with van der Waals surface area (Å²) in [5.41, 5.74) is 1.93. The zero-order valence-corrected chi connectivity index (χ0v) is 26.2. The molecule has 0 fully saturated rings. The van der Waals surface area contributed by atoms with E-state index in [1.165, 1.54) is 11.3 Å². The Hall–Kier alpha value is -2.21. The number of aromatic nitrogens is 1. The number of benzene rings is 2. The van der Waals surface area contributed by atoms with Crippen molar-refractivity contribution in [3.63, 3.8) is 0 Å². The number of nitrogens with zero attached hydrogens (tertiary/aromatic N) is 2. The maximum absolute atomic E-state index is 13.9. The summed E-state index contributed by atoms with van der Waals surface area (Å²) in [5.74, 6) is 0.667. The molecule has 1 aliphatic rings. The minimum atomic E-state index is -0.786. The zero-order chi connectivity index (χ0) is 27.0. The van der Waals surface area contributed by atoms with Crippen LogP contribution in [0.15, 0.2) is 64.8 Å². The van der Waals surface area contributed by atoms with Gasteiger partial charge >= 0.3 is 5.97 Å². The van der Waals surface area contributed by atoms with Crippen LogP contribution in [-0.2, 0) is 9.53 Å². The third-order valence-corrected chi connectivity index (χ3v) is 8.25. The summed E-state index contributed by atoms with van der Waals surface area (Å²) in [6.07, 6.45) is 1.45. The van der Waals surface area contributed by atoms with Crippen LogP contribution in [0.5, 0.6) is 11.5 Å². The normalized spacial score (nSPS) is 15.5. The lowest BCUT2D eigenvalue weighted by Gasteiger charge is -2.26. The van der Waals surface area contributed by atoms with Gasteiger partial charge in [0.15, 0.2) is 4.80 Å². The van der Waals surface area contributed by atoms with Crippen molar-refractivity contribution in [2.75, 3.05) is 14.2 Å². The van der Waals surface area contributed by atoms with Crippen LogP contribution < -0.4 is 24.4 Å². The summed E-state index contributed by atoms with van der Waals surface area (Å²) >= 11 is 11.8. The Balaban J connectivity index is 1.99. The molecule has 0 N–H and O–H groups in total. The van der Waals surface area contributed by atoms with Crippen LogP contribution in [0, 0.1) is 0 Å². The molecule has 11 heteroatoms. The zero-order valence-electron chi connectivity index (χ0n) is 20.6. The smallest absolute Gasteiger partial charge is 0.338 e. The number of fused-ring (bicyclic) bond motifs is 1. The van der Waals surface area contributed by atoms with Crippen LogP contribution in [0.1, 0.15) is 37.9 Å². The molecule has 37 heavy (non-hydrogen) atoms. The van der Waals surface area contributed by atoms with Crippen molar-refractivity contribution in [2.24, 2.45) is 4.99 Å². The highest BCUT2D eigenvalue weighted by atomic mass is 79.9. The number of carbonyl (C=O) groups is 1. The number of methoxy groups -OCH3 is 2. The highest BCUT2D eigenvalue weighted by Gasteiger charge is 2.35. The van der Waals surface area contributed by atoms with Gasteiger partial charge < -0.3 is 14.2 Å². The molecule has 0 saturated heterocycles. The van der Waals surface area contributed by atoms with Crippen molar-refractivity contribution in [1.82, 2.24) is 4.57 Å². The first-order valence-corrected chi connectivity index (χ1v) is 14.3. The Morgan fingerprint density at radius 1 is 1.11 bits per heavy atom. The second-order valence-corrected chi connectivity index (χ2v) is 12.1. The van der Waals surface area contributed by atoms with Gasteiger partial charge in [-0.1, -0.05) is 27.3 Å². The number of allylic oxidation sites excluding steroid dienone is 1. The van der Waals surface area contributed by atoms with Crippen molar-refractivity contribution < 1.29 is 19.0 Å². The van der Waals surface area contributed by atoms with Crippen molar-refractivity contribution >= 4 is 71.2 Å². The van der Waals surface area contributed by atoms with Gasteiger partial charge in [0.05, 0.1) is 45.1 Å². The molecule has 1 aromatic heterocycles. The fourth-order valence-corrected chi connectivity index (χ4v) is 7.05. The SMILES string of the molecule is COc1ccc(Br)cc1[C@H]1C(C(=O)OC(C)C)=C(C)N=c2s/c(=C\c3cc(Br)c(OC)c(Br)c3)c(=O)n21. The molecule has 0 unspecified atom stereocenters. The second-order valence-electron chi connectivity index (χ2n) is 8.44. The lowest BCUT2D eigenvalue weighted by atomic mass is 9.95. The fourth-order valence-electron chi connectivity index (χ4n) is 4.08. The van der Waals surface area contributed by atoms with Crippen molar-refractivity contribution in [2.45, 2.75) is 32.9 Å². The van der Waals surface area contributed by atoms with E-state index in [4.69, 9.17) is 14.2 Å². The molecule has 0 aliphatic carbocycles. The molecule has 7 nitrogen and oxygen atoms in total. The Morgan fingerprint density at radius 2 is 1.78 bits per heavy atom. The number of carbonyl (C=O) groups excluding carboxylic acids is 1. The molecule has 2 aromatic carbocycles. The lowest BCUT2D eigenvalue weighted by Crippen LogP contribution is -2.40. The van der Waals surface area contributed by atoms with Gasteiger partial charge in [0.2, 0.25) is 0 Å². The Bertz CT molecular complexity index is 1580. The number of thiazole rings is 1. The Kier molecular flexibility index (Phi) is 8.47. The molecule has 1 aliphatic heterocycles. The summed E-state index contributed by atoms with van der Waals surface area (Å²) in [7, 11) is 3.14. The van der Waals surface area contributed by atoms with Gasteiger partial charge in [0.25, 0.3) is 5.56 Å². The summed E-state index contributed by atoms with van der Waals surface area (Å²) in [6, 6.07) is 8.43. The van der Waals surface area contributed by atoms with E-state index in [1.54, 1.807) is 51.7 Å². The van der Waals surface area contributed by atoms with Crippen LogP contribution in [0.2, 0.25) is 0 Å². The maximum Gasteiger partial charge on any atom is 0.338 e. The first-order valence-electron chi connectivity index (χ1n) is 11.2. The molecule has 0 saturated carbocycles. The van der Waals surface area contributed by atoms with Gasteiger partial charge in [0.1, 0.15) is 17.5 Å². The first-order chi connectivity index (χ1) is 17.5. The molecule has 194 valence electrons. The van der Waals surface area contributed by atoms with E-state index in [9.17, 15) is 9.59 Å². The van der Waals surface area contributed by atoms with Gasteiger partial charge in [0, 0.05) is 10.0 Å². The van der Waals surface area contributed by atoms with E-state index in [0.29, 0.717) is 37.7 Å². The van der Waals surface area contributed by atoms with E-state index < -0.39 is 12.0 Å². The number of rotatable bonds is 6. The first kappa shape index (κ1) is 27.8. The standard InChI is InChI=1S/C26H23Br3N2O5S/c1-12(2)36-25(33)21-13(3)30-26-31(22(21)16-11-15(27)6-7-19(16)34-4)24(32)20(37-26)10-14-8-17(28)23(35-5)18(29)9-14/h6-12,22H,1-5H3/b20-10-/t22-/m0/s1. The molecule has 4 rings (SSSR count). The number of esters is 1. The number of hydrogen-bond acceptors (Lipinski definition) is 7. The van der Waals surface area contributed by atoms with Crippen LogP contribution in [-0.4, -0.2) is 30.9 Å². The number of hydrogen-bond donors (Lipinski definition) is 0. The van der Waals surface area contributed by atoms with Crippen LogP contribution >= 0.6 is 59.1 Å². The lowest BCUT2D eigenvalue weighted by molar-refractivity contribution is -0.143. The van der Waals surface area contributed by atoms with Crippen molar-refractivity contribution in [3.8, 4) is 11.5 Å². The third kappa shape index (κ3) is 5.50. The van der Waals surface area contributed by atoms with Crippen molar-refractivity contribution in [1.29, 1.82) is 0 Å². The quantitative estimate of drug-likeness (QED) is 0.316. The second kappa shape index (κ2) is 11.3. The van der Waals surface area contributed by atoms with E-state index >= 15 is 0 Å². The minimum absolute atomic E-state index is 0.277. The average molecular weight is 715 g/mol. The summed E-state index contributed by atoms with van der Waals surface area (Å²) in [6.45, 7) is 5.31. The summed E-state index contributed by atoms with van der Waals surface area (Å²) < 4.78 is 20.9. The van der Waals surface area contributed by atoms with Crippen LogP contribution in [0.4, 0.5) is 0 Å². The fraction of sp³-hybridized carbons (Fsp3) is 0.269. The highest BCUT2D eigenvalue weighted by molar-refractivity contribution is 9.11. The largest absolute Gasteiger partial charge is 0.496 e. The monoisotopic (exact) mass is 712 g/mol. The minimum Gasteiger partial charge on any atom is -0.496 e. The molecule has 0 radical (unpaired) electrons. The molecular weight excluding hydrogens is 692 g/mol. The number of ether oxygens (including phenoxy) is 3. The topological polar surface area (TPSA) is 79.1 Å². The van der Waals surface area contributed by atoms with E-state index in [1.807, 2.05) is 24.3 Å². The molecule has 2 heterocycles. The molecular formula is C26H23Br3N2O5S. The third-order valence-electron chi connectivity index (χ3n) is 5.59. The predicted octanol–water partition coefficient (Wildman–Crippen LogP) is 5.49. The molecule has 1 atom stereocenters. The Labute approximate surface area is 242 Å². The van der Waals surface area contributed by atoms with Gasteiger partial charge in [-0.25, -0.2) is 9.79 Å². The van der Waals surface area contributed by atoms with E-state index in [0.717, 1.165) is 19.0 Å².